The Morgan fingerprint density at radius 1 is 0.962 bits per heavy atom. The maximum Gasteiger partial charge on any atom is 0.387 e. The summed E-state index contributed by atoms with van der Waals surface area (Å²) in [6.07, 6.45) is 0. The molecule has 142 valence electrons. The Morgan fingerprint density at radius 3 is 2.15 bits per heavy atom. The van der Waals surface area contributed by atoms with Crippen LogP contribution in [0.4, 0.5) is 14.5 Å². The summed E-state index contributed by atoms with van der Waals surface area (Å²) in [7, 11) is -3.90. The molecule has 0 aromatic heterocycles. The van der Waals surface area contributed by atoms with Crippen molar-refractivity contribution in [1.29, 1.82) is 0 Å². The van der Waals surface area contributed by atoms with Crippen LogP contribution in [0, 0.1) is 0 Å². The zero-order valence-corrected chi connectivity index (χ0v) is 15.1. The molecule has 0 heterocycles. The molecule has 0 amide bonds. The largest absolute Gasteiger partial charge is 0.490 e. The lowest BCUT2D eigenvalue weighted by atomic mass is 10.3. The summed E-state index contributed by atoms with van der Waals surface area (Å²) in [5.41, 5.74) is 0.207. The number of sulfonamides is 1. The average Bonchev–Trinajstić information content (AvgIpc) is 2.58. The van der Waals surface area contributed by atoms with E-state index in [0.717, 1.165) is 0 Å². The minimum atomic E-state index is -3.90. The molecule has 0 aliphatic carbocycles. The van der Waals surface area contributed by atoms with Gasteiger partial charge in [0.05, 0.1) is 18.1 Å². The van der Waals surface area contributed by atoms with Gasteiger partial charge in [-0.25, -0.2) is 8.42 Å². The molecular formula is C17H19F2NO5S. The predicted molar refractivity (Wildman–Crippen MR) is 92.7 cm³/mol. The zero-order valence-electron chi connectivity index (χ0n) is 14.2. The number of hydrogen-bond acceptors (Lipinski definition) is 5. The first kappa shape index (κ1) is 19.8. The van der Waals surface area contributed by atoms with Gasteiger partial charge in [0, 0.05) is 11.8 Å². The summed E-state index contributed by atoms with van der Waals surface area (Å²) < 4.78 is 66.8. The van der Waals surface area contributed by atoms with Gasteiger partial charge < -0.3 is 14.2 Å². The van der Waals surface area contributed by atoms with Gasteiger partial charge in [-0.2, -0.15) is 8.78 Å². The van der Waals surface area contributed by atoms with Crippen molar-refractivity contribution < 1.29 is 31.4 Å². The summed E-state index contributed by atoms with van der Waals surface area (Å²) in [6, 6.07) is 9.42. The lowest BCUT2D eigenvalue weighted by Crippen LogP contribution is -2.13. The van der Waals surface area contributed by atoms with E-state index in [-0.39, 0.29) is 16.3 Å². The van der Waals surface area contributed by atoms with E-state index >= 15 is 0 Å². The number of nitrogens with one attached hydrogen (secondary N) is 1. The number of hydrogen-bond donors (Lipinski definition) is 1. The Hall–Kier alpha value is -2.55. The number of rotatable bonds is 9. The van der Waals surface area contributed by atoms with Crippen molar-refractivity contribution in [1.82, 2.24) is 0 Å². The van der Waals surface area contributed by atoms with Crippen molar-refractivity contribution in [2.75, 3.05) is 17.9 Å². The van der Waals surface area contributed by atoms with Crippen molar-refractivity contribution in [2.45, 2.75) is 25.4 Å². The first-order valence-corrected chi connectivity index (χ1v) is 9.31. The maximum atomic E-state index is 12.5. The van der Waals surface area contributed by atoms with Gasteiger partial charge in [0.2, 0.25) is 0 Å². The van der Waals surface area contributed by atoms with E-state index in [1.807, 2.05) is 6.92 Å². The van der Waals surface area contributed by atoms with E-state index in [4.69, 9.17) is 9.47 Å². The minimum absolute atomic E-state index is 0.0164. The summed E-state index contributed by atoms with van der Waals surface area (Å²) in [5, 5.41) is 0. The monoisotopic (exact) mass is 387 g/mol. The molecule has 26 heavy (non-hydrogen) atoms. The summed E-state index contributed by atoms with van der Waals surface area (Å²) in [6.45, 7) is 1.40. The van der Waals surface area contributed by atoms with Crippen molar-refractivity contribution in [3.05, 3.63) is 42.5 Å². The second-order valence-corrected chi connectivity index (χ2v) is 6.67. The van der Waals surface area contributed by atoms with Crippen LogP contribution < -0.4 is 18.9 Å². The van der Waals surface area contributed by atoms with Gasteiger partial charge in [0.25, 0.3) is 10.0 Å². The third-order valence-electron chi connectivity index (χ3n) is 3.16. The Morgan fingerprint density at radius 2 is 1.58 bits per heavy atom. The second kappa shape index (κ2) is 8.70. The molecule has 0 radical (unpaired) electrons. The number of halogens is 2. The van der Waals surface area contributed by atoms with Crippen LogP contribution in [0.25, 0.3) is 0 Å². The van der Waals surface area contributed by atoms with Crippen molar-refractivity contribution in [3.8, 4) is 17.2 Å². The molecular weight excluding hydrogens is 368 g/mol. The number of anilines is 1. The van der Waals surface area contributed by atoms with Crippen LogP contribution in [0.3, 0.4) is 0 Å². The fraction of sp³-hybridized carbons (Fsp3) is 0.294. The SMILES string of the molecule is CCOc1ccc(S(=O)(=O)Nc2ccc(OC(F)F)cc2)cc1OCC. The zero-order chi connectivity index (χ0) is 19.2. The number of alkyl halides is 2. The van der Waals surface area contributed by atoms with Gasteiger partial charge in [0.15, 0.2) is 11.5 Å². The van der Waals surface area contributed by atoms with Gasteiger partial charge >= 0.3 is 6.61 Å². The minimum Gasteiger partial charge on any atom is -0.490 e. The number of benzene rings is 2. The van der Waals surface area contributed by atoms with Gasteiger partial charge in [-0.1, -0.05) is 0 Å². The fourth-order valence-electron chi connectivity index (χ4n) is 2.12. The third-order valence-corrected chi connectivity index (χ3v) is 4.54. The molecule has 0 unspecified atom stereocenters. The van der Waals surface area contributed by atoms with E-state index in [9.17, 15) is 17.2 Å². The van der Waals surface area contributed by atoms with E-state index in [1.54, 1.807) is 6.92 Å². The van der Waals surface area contributed by atoms with Crippen LogP contribution >= 0.6 is 0 Å². The lowest BCUT2D eigenvalue weighted by Gasteiger charge is -2.13. The summed E-state index contributed by atoms with van der Waals surface area (Å²) in [5.74, 6) is 0.697. The van der Waals surface area contributed by atoms with E-state index in [1.165, 1.54) is 42.5 Å². The topological polar surface area (TPSA) is 73.9 Å². The highest BCUT2D eigenvalue weighted by molar-refractivity contribution is 7.92. The Balaban J connectivity index is 2.22. The standard InChI is InChI=1S/C17H19F2NO5S/c1-3-23-15-10-9-14(11-16(15)24-4-2)26(21,22)20-12-5-7-13(8-6-12)25-17(18)19/h5-11,17,20H,3-4H2,1-2H3. The molecule has 0 saturated carbocycles. The molecule has 2 aromatic rings. The van der Waals surface area contributed by atoms with E-state index in [2.05, 4.69) is 9.46 Å². The maximum absolute atomic E-state index is 12.5. The molecule has 0 spiro atoms. The molecule has 0 aliphatic heterocycles. The van der Waals surface area contributed by atoms with Crippen LogP contribution in [-0.4, -0.2) is 28.2 Å². The smallest absolute Gasteiger partial charge is 0.387 e. The van der Waals surface area contributed by atoms with Crippen LogP contribution in [0.15, 0.2) is 47.4 Å². The molecule has 1 N–H and O–H groups in total. The van der Waals surface area contributed by atoms with Gasteiger partial charge in [-0.3, -0.25) is 4.72 Å². The Kier molecular flexibility index (Phi) is 6.62. The first-order valence-electron chi connectivity index (χ1n) is 7.83. The van der Waals surface area contributed by atoms with Gasteiger partial charge in [-0.05, 0) is 50.2 Å². The van der Waals surface area contributed by atoms with Crippen molar-refractivity contribution >= 4 is 15.7 Å². The quantitative estimate of drug-likeness (QED) is 0.707. The molecule has 0 fully saturated rings. The van der Waals surface area contributed by atoms with Crippen molar-refractivity contribution in [3.63, 3.8) is 0 Å². The van der Waals surface area contributed by atoms with E-state index in [0.29, 0.717) is 24.7 Å². The number of ether oxygens (including phenoxy) is 3. The summed E-state index contributed by atoms with van der Waals surface area (Å²) in [4.78, 5) is -0.0164. The normalized spacial score (nSPS) is 11.3. The molecule has 9 heteroatoms. The molecule has 0 atom stereocenters. The highest BCUT2D eigenvalue weighted by atomic mass is 32.2. The van der Waals surface area contributed by atoms with Gasteiger partial charge in [-0.15, -0.1) is 0 Å². The molecule has 6 nitrogen and oxygen atoms in total. The van der Waals surface area contributed by atoms with Crippen molar-refractivity contribution in [2.24, 2.45) is 0 Å². The van der Waals surface area contributed by atoms with Crippen LogP contribution in [0.2, 0.25) is 0 Å². The molecule has 0 bridgehead atoms. The first-order chi connectivity index (χ1) is 12.4. The molecule has 0 saturated heterocycles. The fourth-order valence-corrected chi connectivity index (χ4v) is 3.19. The Labute approximate surface area is 150 Å². The second-order valence-electron chi connectivity index (χ2n) is 4.98. The highest BCUT2D eigenvalue weighted by Gasteiger charge is 2.18. The third kappa shape index (κ3) is 5.22. The Bertz CT molecular complexity index is 826. The molecule has 2 rings (SSSR count). The lowest BCUT2D eigenvalue weighted by molar-refractivity contribution is -0.0498. The summed E-state index contributed by atoms with van der Waals surface area (Å²) >= 11 is 0. The van der Waals surface area contributed by atoms with Crippen LogP contribution in [0.1, 0.15) is 13.8 Å². The molecule has 2 aromatic carbocycles. The van der Waals surface area contributed by atoms with Crippen LogP contribution in [-0.2, 0) is 10.0 Å². The van der Waals surface area contributed by atoms with Gasteiger partial charge in [0.1, 0.15) is 5.75 Å². The average molecular weight is 387 g/mol. The van der Waals surface area contributed by atoms with Crippen LogP contribution in [0.5, 0.6) is 17.2 Å². The van der Waals surface area contributed by atoms with E-state index < -0.39 is 16.6 Å². The predicted octanol–water partition coefficient (Wildman–Crippen LogP) is 3.89. The molecule has 0 aliphatic rings. The highest BCUT2D eigenvalue weighted by Crippen LogP contribution is 2.31.